The van der Waals surface area contributed by atoms with Crippen LogP contribution in [0.1, 0.15) is 46.4 Å². The Kier molecular flexibility index (Phi) is 6.41. The smallest absolute Gasteiger partial charge is 0.310 e. The van der Waals surface area contributed by atoms with Crippen molar-refractivity contribution in [1.82, 2.24) is 9.97 Å². The normalized spacial score (nSPS) is 13.2. The minimum atomic E-state index is -4.51. The third-order valence-electron chi connectivity index (χ3n) is 5.42. The number of halogens is 3. The van der Waals surface area contributed by atoms with Gasteiger partial charge in [-0.3, -0.25) is 14.6 Å². The highest BCUT2D eigenvalue weighted by Gasteiger charge is 2.31. The molecule has 1 N–H and O–H groups in total. The lowest BCUT2D eigenvalue weighted by Crippen LogP contribution is -2.16. The molecule has 9 heteroatoms. The first-order chi connectivity index (χ1) is 16.2. The molecule has 0 unspecified atom stereocenters. The number of carbonyl (C=O) groups excluding carboxylic acids is 2. The molecule has 1 saturated carbocycles. The lowest BCUT2D eigenvalue weighted by molar-refractivity contribution is -0.137. The first kappa shape index (κ1) is 23.1. The highest BCUT2D eigenvalue weighted by molar-refractivity contribution is 5.98. The van der Waals surface area contributed by atoms with Gasteiger partial charge in [0.05, 0.1) is 22.9 Å². The first-order valence-electron chi connectivity index (χ1n) is 10.6. The number of Topliss-reactive ketones (excluding diaryl/α,β-unsaturated/α-hetero) is 1. The molecule has 4 rings (SSSR count). The summed E-state index contributed by atoms with van der Waals surface area (Å²) in [5.41, 5.74) is 1.18. The van der Waals surface area contributed by atoms with Crippen LogP contribution < -0.4 is 5.32 Å². The number of hydrogen-bond donors (Lipinski definition) is 1. The summed E-state index contributed by atoms with van der Waals surface area (Å²) in [5, 5.41) is 11.6. The van der Waals surface area contributed by atoms with Crippen LogP contribution in [-0.2, 0) is 17.4 Å². The fourth-order valence-corrected chi connectivity index (χ4v) is 3.32. The molecule has 1 aliphatic rings. The number of ketones is 1. The highest BCUT2D eigenvalue weighted by atomic mass is 19.4. The Hall–Kier alpha value is -4.06. The number of anilines is 1. The van der Waals surface area contributed by atoms with E-state index in [0.717, 1.165) is 30.7 Å². The van der Waals surface area contributed by atoms with Crippen LogP contribution in [0, 0.1) is 17.2 Å². The molecule has 0 saturated heterocycles. The van der Waals surface area contributed by atoms with Crippen LogP contribution >= 0.6 is 0 Å². The third-order valence-corrected chi connectivity index (χ3v) is 5.42. The number of carbonyl (C=O) groups is 2. The average Bonchev–Trinajstić information content (AvgIpc) is 3.68. The van der Waals surface area contributed by atoms with Crippen molar-refractivity contribution < 1.29 is 22.8 Å². The van der Waals surface area contributed by atoms with Crippen molar-refractivity contribution in [3.05, 3.63) is 77.1 Å². The van der Waals surface area contributed by atoms with Crippen molar-refractivity contribution in [3.8, 4) is 17.3 Å². The summed E-state index contributed by atoms with van der Waals surface area (Å²) in [6.45, 7) is 0. The highest BCUT2D eigenvalue weighted by Crippen LogP contribution is 2.32. The van der Waals surface area contributed by atoms with Gasteiger partial charge in [-0.2, -0.15) is 18.4 Å². The zero-order valence-electron chi connectivity index (χ0n) is 17.9. The number of alkyl halides is 3. The standard InChI is InChI=1S/C25H19F3N4O2/c26-25(27,28)19-8-9-20(30-14-19)18-11-21(31-23(12-18)32-24(34)17-6-7-17)22(33)10-5-15-1-3-16(13-29)4-2-15/h1-4,8-9,11-12,14,17H,5-7,10H2,(H,31,32,34). The van der Waals surface area contributed by atoms with E-state index in [2.05, 4.69) is 15.3 Å². The molecule has 172 valence electrons. The number of aromatic nitrogens is 2. The largest absolute Gasteiger partial charge is 0.417 e. The van der Waals surface area contributed by atoms with E-state index in [-0.39, 0.29) is 41.2 Å². The monoisotopic (exact) mass is 464 g/mol. The maximum atomic E-state index is 12.9. The molecule has 0 radical (unpaired) electrons. The molecule has 1 amide bonds. The molecular weight excluding hydrogens is 445 g/mol. The Balaban J connectivity index is 1.59. The van der Waals surface area contributed by atoms with E-state index in [1.165, 1.54) is 18.2 Å². The molecule has 1 fully saturated rings. The minimum Gasteiger partial charge on any atom is -0.310 e. The fraction of sp³-hybridized carbons (Fsp3) is 0.240. The Morgan fingerprint density at radius 1 is 1.09 bits per heavy atom. The molecule has 2 heterocycles. The molecule has 2 aromatic heterocycles. The Morgan fingerprint density at radius 3 is 2.41 bits per heavy atom. The Morgan fingerprint density at radius 2 is 1.82 bits per heavy atom. The number of nitrogens with zero attached hydrogens (tertiary/aromatic N) is 3. The lowest BCUT2D eigenvalue weighted by Gasteiger charge is -2.11. The molecule has 0 atom stereocenters. The van der Waals surface area contributed by atoms with Gasteiger partial charge in [0.25, 0.3) is 0 Å². The van der Waals surface area contributed by atoms with Crippen LogP contribution in [0.15, 0.2) is 54.7 Å². The van der Waals surface area contributed by atoms with E-state index >= 15 is 0 Å². The lowest BCUT2D eigenvalue weighted by atomic mass is 10.0. The van der Waals surface area contributed by atoms with Crippen LogP contribution in [0.2, 0.25) is 0 Å². The number of aryl methyl sites for hydroxylation is 1. The number of hydrogen-bond acceptors (Lipinski definition) is 5. The Labute approximate surface area is 193 Å². The first-order valence-corrected chi connectivity index (χ1v) is 10.6. The second-order valence-electron chi connectivity index (χ2n) is 8.05. The summed E-state index contributed by atoms with van der Waals surface area (Å²) in [6.07, 6.45) is -1.69. The van der Waals surface area contributed by atoms with E-state index in [1.54, 1.807) is 24.3 Å². The fourth-order valence-electron chi connectivity index (χ4n) is 3.32. The molecule has 1 aliphatic carbocycles. The topological polar surface area (TPSA) is 95.7 Å². The van der Waals surface area contributed by atoms with E-state index in [4.69, 9.17) is 5.26 Å². The van der Waals surface area contributed by atoms with Gasteiger partial charge >= 0.3 is 6.18 Å². The second-order valence-corrected chi connectivity index (χ2v) is 8.05. The van der Waals surface area contributed by atoms with E-state index in [9.17, 15) is 22.8 Å². The van der Waals surface area contributed by atoms with E-state index in [1.807, 2.05) is 6.07 Å². The summed E-state index contributed by atoms with van der Waals surface area (Å²) in [6, 6.07) is 14.0. The van der Waals surface area contributed by atoms with Crippen LogP contribution in [-0.4, -0.2) is 21.7 Å². The summed E-state index contributed by atoms with van der Waals surface area (Å²) in [5.74, 6) is -0.441. The molecule has 0 bridgehead atoms. The molecule has 3 aromatic rings. The maximum Gasteiger partial charge on any atom is 0.417 e. The maximum absolute atomic E-state index is 12.9. The van der Waals surface area contributed by atoms with Gasteiger partial charge in [-0.05, 0) is 61.2 Å². The zero-order valence-corrected chi connectivity index (χ0v) is 17.9. The molecule has 1 aromatic carbocycles. The van der Waals surface area contributed by atoms with Crippen LogP contribution in [0.3, 0.4) is 0 Å². The molecule has 0 aliphatic heterocycles. The number of amides is 1. The number of nitriles is 1. The van der Waals surface area contributed by atoms with Crippen LogP contribution in [0.25, 0.3) is 11.3 Å². The second kappa shape index (κ2) is 9.43. The van der Waals surface area contributed by atoms with Gasteiger partial charge in [0.15, 0.2) is 5.78 Å². The number of pyridine rings is 2. The van der Waals surface area contributed by atoms with Gasteiger partial charge in [0.1, 0.15) is 11.5 Å². The predicted molar refractivity (Wildman–Crippen MR) is 118 cm³/mol. The van der Waals surface area contributed by atoms with E-state index < -0.39 is 11.7 Å². The number of benzene rings is 1. The summed E-state index contributed by atoms with van der Waals surface area (Å²) in [7, 11) is 0. The van der Waals surface area contributed by atoms with Crippen LogP contribution in [0.5, 0.6) is 0 Å². The summed E-state index contributed by atoms with van der Waals surface area (Å²) in [4.78, 5) is 33.3. The van der Waals surface area contributed by atoms with Gasteiger partial charge in [-0.15, -0.1) is 0 Å². The van der Waals surface area contributed by atoms with Crippen molar-refractivity contribution in [3.63, 3.8) is 0 Å². The summed E-state index contributed by atoms with van der Waals surface area (Å²) >= 11 is 0. The van der Waals surface area contributed by atoms with Gasteiger partial charge < -0.3 is 5.32 Å². The molecular formula is C25H19F3N4O2. The molecule has 34 heavy (non-hydrogen) atoms. The number of rotatable bonds is 7. The Bertz CT molecular complexity index is 1260. The van der Waals surface area contributed by atoms with Crippen molar-refractivity contribution in [2.24, 2.45) is 5.92 Å². The predicted octanol–water partition coefficient (Wildman–Crippen LogP) is 5.20. The quantitative estimate of drug-likeness (QED) is 0.485. The van der Waals surface area contributed by atoms with E-state index in [0.29, 0.717) is 17.5 Å². The average molecular weight is 464 g/mol. The SMILES string of the molecule is N#Cc1ccc(CCC(=O)c2cc(-c3ccc(C(F)(F)F)cn3)cc(NC(=O)C3CC3)n2)cc1. The molecule has 0 spiro atoms. The van der Waals surface area contributed by atoms with Crippen molar-refractivity contribution in [2.75, 3.05) is 5.32 Å². The van der Waals surface area contributed by atoms with Gasteiger partial charge in [0, 0.05) is 24.1 Å². The van der Waals surface area contributed by atoms with Crippen molar-refractivity contribution >= 4 is 17.5 Å². The molecule has 6 nitrogen and oxygen atoms in total. The van der Waals surface area contributed by atoms with Gasteiger partial charge in [-0.25, -0.2) is 4.98 Å². The zero-order chi connectivity index (χ0) is 24.3. The van der Waals surface area contributed by atoms with Crippen molar-refractivity contribution in [2.45, 2.75) is 31.9 Å². The van der Waals surface area contributed by atoms with Crippen LogP contribution in [0.4, 0.5) is 19.0 Å². The van der Waals surface area contributed by atoms with Crippen molar-refractivity contribution in [1.29, 1.82) is 5.26 Å². The third kappa shape index (κ3) is 5.64. The van der Waals surface area contributed by atoms with Gasteiger partial charge in [-0.1, -0.05) is 12.1 Å². The minimum absolute atomic E-state index is 0.0824. The van der Waals surface area contributed by atoms with Gasteiger partial charge in [0.2, 0.25) is 5.91 Å². The summed E-state index contributed by atoms with van der Waals surface area (Å²) < 4.78 is 38.7. The number of nitrogens with one attached hydrogen (secondary N) is 1.